The molecule has 2 atom stereocenters. The van der Waals surface area contributed by atoms with Crippen LogP contribution in [0.3, 0.4) is 0 Å². The molecule has 2 rings (SSSR count). The monoisotopic (exact) mass is 319 g/mol. The zero-order valence-electron chi connectivity index (χ0n) is 12.4. The average Bonchev–Trinajstić information content (AvgIpc) is 2.89. The van der Waals surface area contributed by atoms with Crippen LogP contribution in [0, 0.1) is 5.92 Å². The summed E-state index contributed by atoms with van der Waals surface area (Å²) >= 11 is 0. The van der Waals surface area contributed by atoms with Gasteiger partial charge in [-0.25, -0.2) is 0 Å². The third-order valence-corrected chi connectivity index (χ3v) is 3.96. The van der Waals surface area contributed by atoms with Gasteiger partial charge in [0.05, 0.1) is 17.9 Å². The molecule has 22 heavy (non-hydrogen) atoms. The van der Waals surface area contributed by atoms with E-state index in [0.29, 0.717) is 6.42 Å². The Hall–Kier alpha value is -1.57. The van der Waals surface area contributed by atoms with Crippen molar-refractivity contribution in [2.75, 3.05) is 6.54 Å². The van der Waals surface area contributed by atoms with Crippen molar-refractivity contribution in [3.8, 4) is 0 Å². The number of aliphatic hydroxyl groups excluding tert-OH is 1. The van der Waals surface area contributed by atoms with E-state index in [9.17, 15) is 23.1 Å². The number of aromatic nitrogens is 2. The fourth-order valence-corrected chi connectivity index (χ4v) is 2.87. The largest absolute Gasteiger partial charge is 0.433 e. The number of nitrogens with one attached hydrogen (secondary N) is 1. The van der Waals surface area contributed by atoms with Crippen LogP contribution in [0.4, 0.5) is 13.2 Å². The second-order valence-corrected chi connectivity index (χ2v) is 5.62. The van der Waals surface area contributed by atoms with Gasteiger partial charge >= 0.3 is 6.18 Å². The van der Waals surface area contributed by atoms with Gasteiger partial charge in [0.15, 0.2) is 5.69 Å². The van der Waals surface area contributed by atoms with E-state index in [1.54, 1.807) is 0 Å². The predicted octanol–water partition coefficient (Wildman–Crippen LogP) is 2.20. The number of hydrogen-bond acceptors (Lipinski definition) is 3. The SMILES string of the molecule is CCn1ncc(C(=O)NCC2CCCC(O)C2)c1C(F)(F)F. The number of alkyl halides is 3. The Labute approximate surface area is 126 Å². The molecule has 2 unspecified atom stereocenters. The summed E-state index contributed by atoms with van der Waals surface area (Å²) in [6.45, 7) is 1.84. The molecule has 2 N–H and O–H groups in total. The van der Waals surface area contributed by atoms with Gasteiger partial charge in [-0.05, 0) is 32.1 Å². The van der Waals surface area contributed by atoms with E-state index in [4.69, 9.17) is 0 Å². The minimum absolute atomic E-state index is 0.0386. The lowest BCUT2D eigenvalue weighted by Crippen LogP contribution is -2.34. The number of carbonyl (C=O) groups is 1. The third-order valence-electron chi connectivity index (χ3n) is 3.96. The van der Waals surface area contributed by atoms with Crippen molar-refractivity contribution >= 4 is 5.91 Å². The predicted molar refractivity (Wildman–Crippen MR) is 73.2 cm³/mol. The standard InChI is InChI=1S/C14H20F3N3O2/c1-2-20-12(14(15,16)17)11(8-19-20)13(22)18-7-9-4-3-5-10(21)6-9/h8-10,21H,2-7H2,1H3,(H,18,22). The van der Waals surface area contributed by atoms with E-state index in [0.717, 1.165) is 30.1 Å². The van der Waals surface area contributed by atoms with Crippen molar-refractivity contribution < 1.29 is 23.1 Å². The highest BCUT2D eigenvalue weighted by Crippen LogP contribution is 2.32. The number of nitrogens with zero attached hydrogens (tertiary/aromatic N) is 2. The summed E-state index contributed by atoms with van der Waals surface area (Å²) in [5.41, 5.74) is -1.47. The Morgan fingerprint density at radius 3 is 2.82 bits per heavy atom. The second-order valence-electron chi connectivity index (χ2n) is 5.62. The van der Waals surface area contributed by atoms with Crippen LogP contribution < -0.4 is 5.32 Å². The highest BCUT2D eigenvalue weighted by molar-refractivity contribution is 5.95. The molecule has 0 saturated heterocycles. The number of hydrogen-bond donors (Lipinski definition) is 2. The molecule has 1 heterocycles. The van der Waals surface area contributed by atoms with Crippen molar-refractivity contribution in [3.05, 3.63) is 17.5 Å². The quantitative estimate of drug-likeness (QED) is 0.894. The third kappa shape index (κ3) is 3.79. The van der Waals surface area contributed by atoms with E-state index in [1.807, 2.05) is 0 Å². The van der Waals surface area contributed by atoms with Crippen LogP contribution in [0.2, 0.25) is 0 Å². The van der Waals surface area contributed by atoms with Crippen molar-refractivity contribution in [3.63, 3.8) is 0 Å². The number of rotatable bonds is 4. The fraction of sp³-hybridized carbons (Fsp3) is 0.714. The first kappa shape index (κ1) is 16.8. The summed E-state index contributed by atoms with van der Waals surface area (Å²) in [5, 5.41) is 15.7. The lowest BCUT2D eigenvalue weighted by molar-refractivity contribution is -0.144. The molecule has 8 heteroatoms. The molecule has 1 fully saturated rings. The maximum Gasteiger partial charge on any atom is 0.433 e. The summed E-state index contributed by atoms with van der Waals surface area (Å²) < 4.78 is 40.0. The van der Waals surface area contributed by atoms with Crippen LogP contribution in [0.25, 0.3) is 0 Å². The van der Waals surface area contributed by atoms with Gasteiger partial charge in [-0.1, -0.05) is 6.42 Å². The summed E-state index contributed by atoms with van der Waals surface area (Å²) in [7, 11) is 0. The molecule has 0 bridgehead atoms. The lowest BCUT2D eigenvalue weighted by atomic mass is 9.87. The summed E-state index contributed by atoms with van der Waals surface area (Å²) in [5.74, 6) is -0.671. The number of aryl methyl sites for hydroxylation is 1. The number of halogens is 3. The van der Waals surface area contributed by atoms with Crippen LogP contribution >= 0.6 is 0 Å². The van der Waals surface area contributed by atoms with Gasteiger partial charge in [-0.15, -0.1) is 0 Å². The van der Waals surface area contributed by atoms with E-state index >= 15 is 0 Å². The Balaban J connectivity index is 2.05. The molecule has 0 aromatic carbocycles. The molecule has 1 amide bonds. The van der Waals surface area contributed by atoms with E-state index in [1.165, 1.54) is 6.92 Å². The summed E-state index contributed by atoms with van der Waals surface area (Å²) in [4.78, 5) is 12.0. The molecule has 5 nitrogen and oxygen atoms in total. The minimum Gasteiger partial charge on any atom is -0.393 e. The first-order valence-corrected chi connectivity index (χ1v) is 7.42. The Morgan fingerprint density at radius 2 is 2.23 bits per heavy atom. The summed E-state index contributed by atoms with van der Waals surface area (Å²) in [6, 6.07) is 0. The molecular formula is C14H20F3N3O2. The molecule has 1 saturated carbocycles. The maximum atomic E-state index is 13.1. The van der Waals surface area contributed by atoms with Gasteiger partial charge in [0.2, 0.25) is 0 Å². The van der Waals surface area contributed by atoms with E-state index < -0.39 is 23.3 Å². The minimum atomic E-state index is -4.62. The van der Waals surface area contributed by atoms with Gasteiger partial charge < -0.3 is 10.4 Å². The Kier molecular flexibility index (Phi) is 5.10. The molecule has 0 spiro atoms. The molecule has 0 aliphatic heterocycles. The number of carbonyl (C=O) groups excluding carboxylic acids is 1. The van der Waals surface area contributed by atoms with Crippen LogP contribution in [0.5, 0.6) is 0 Å². The lowest BCUT2D eigenvalue weighted by Gasteiger charge is -2.25. The van der Waals surface area contributed by atoms with Gasteiger partial charge in [-0.2, -0.15) is 18.3 Å². The number of aliphatic hydroxyl groups is 1. The first-order valence-electron chi connectivity index (χ1n) is 7.42. The van der Waals surface area contributed by atoms with Gasteiger partial charge in [-0.3, -0.25) is 9.48 Å². The van der Waals surface area contributed by atoms with Crippen LogP contribution in [0.1, 0.15) is 48.7 Å². The molecular weight excluding hydrogens is 299 g/mol. The normalized spacial score (nSPS) is 22.6. The fourth-order valence-electron chi connectivity index (χ4n) is 2.87. The Morgan fingerprint density at radius 1 is 1.50 bits per heavy atom. The van der Waals surface area contributed by atoms with Gasteiger partial charge in [0, 0.05) is 13.1 Å². The zero-order chi connectivity index (χ0) is 16.3. The van der Waals surface area contributed by atoms with Crippen LogP contribution in [0.15, 0.2) is 6.20 Å². The zero-order valence-corrected chi connectivity index (χ0v) is 12.4. The van der Waals surface area contributed by atoms with Gasteiger partial charge in [0.25, 0.3) is 5.91 Å². The smallest absolute Gasteiger partial charge is 0.393 e. The topological polar surface area (TPSA) is 67.2 Å². The highest BCUT2D eigenvalue weighted by atomic mass is 19.4. The highest BCUT2D eigenvalue weighted by Gasteiger charge is 2.39. The van der Waals surface area contributed by atoms with Gasteiger partial charge in [0.1, 0.15) is 0 Å². The van der Waals surface area contributed by atoms with Crippen molar-refractivity contribution in [1.29, 1.82) is 0 Å². The molecule has 0 radical (unpaired) electrons. The molecule has 1 aliphatic rings. The molecule has 1 aromatic rings. The summed E-state index contributed by atoms with van der Waals surface area (Å²) in [6.07, 6.45) is -1.02. The molecule has 1 aliphatic carbocycles. The van der Waals surface area contributed by atoms with Crippen molar-refractivity contribution in [2.24, 2.45) is 5.92 Å². The number of amides is 1. The average molecular weight is 319 g/mol. The van der Waals surface area contributed by atoms with Crippen molar-refractivity contribution in [2.45, 2.75) is 51.4 Å². The Bertz CT molecular complexity index is 528. The van der Waals surface area contributed by atoms with E-state index in [-0.39, 0.29) is 25.1 Å². The first-order chi connectivity index (χ1) is 10.3. The van der Waals surface area contributed by atoms with Crippen LogP contribution in [-0.4, -0.2) is 33.4 Å². The maximum absolute atomic E-state index is 13.1. The van der Waals surface area contributed by atoms with E-state index in [2.05, 4.69) is 10.4 Å². The second kappa shape index (κ2) is 6.68. The molecule has 1 aromatic heterocycles. The van der Waals surface area contributed by atoms with Crippen molar-refractivity contribution in [1.82, 2.24) is 15.1 Å². The molecule has 124 valence electrons. The van der Waals surface area contributed by atoms with Crippen LogP contribution in [-0.2, 0) is 12.7 Å².